The zero-order chi connectivity index (χ0) is 22.8. The topological polar surface area (TPSA) is 99.8 Å². The van der Waals surface area contributed by atoms with Gasteiger partial charge in [0.15, 0.2) is 0 Å². The molecule has 0 radical (unpaired) electrons. The summed E-state index contributed by atoms with van der Waals surface area (Å²) in [7, 11) is 0. The van der Waals surface area contributed by atoms with Gasteiger partial charge < -0.3 is 20.3 Å². The first-order chi connectivity index (χ1) is 16.0. The lowest BCUT2D eigenvalue weighted by atomic mass is 9.96. The minimum absolute atomic E-state index is 0.0462. The van der Waals surface area contributed by atoms with Gasteiger partial charge in [-0.15, -0.1) is 0 Å². The van der Waals surface area contributed by atoms with Crippen molar-refractivity contribution in [3.63, 3.8) is 0 Å². The third-order valence-electron chi connectivity index (χ3n) is 6.43. The van der Waals surface area contributed by atoms with Crippen LogP contribution in [0.3, 0.4) is 0 Å². The second-order valence-electron chi connectivity index (χ2n) is 8.96. The molecule has 3 aliphatic rings. The van der Waals surface area contributed by atoms with Crippen molar-refractivity contribution >= 4 is 17.7 Å². The molecule has 2 aliphatic heterocycles. The minimum Gasteiger partial charge on any atom is -0.376 e. The van der Waals surface area contributed by atoms with Crippen LogP contribution >= 0.6 is 0 Å². The number of nitrogens with one attached hydrogen (secondary N) is 3. The van der Waals surface area contributed by atoms with E-state index in [0.717, 1.165) is 24.0 Å². The van der Waals surface area contributed by atoms with Crippen LogP contribution in [0.5, 0.6) is 0 Å². The van der Waals surface area contributed by atoms with Crippen molar-refractivity contribution in [3.8, 4) is 11.1 Å². The molecule has 2 aromatic carbocycles. The summed E-state index contributed by atoms with van der Waals surface area (Å²) >= 11 is 0. The highest BCUT2D eigenvalue weighted by Crippen LogP contribution is 2.24. The van der Waals surface area contributed by atoms with Gasteiger partial charge in [0.25, 0.3) is 11.8 Å². The highest BCUT2D eigenvalue weighted by atomic mass is 16.5. The molecule has 8 nitrogen and oxygen atoms in total. The Hall–Kier alpha value is -3.23. The van der Waals surface area contributed by atoms with Crippen molar-refractivity contribution in [1.29, 1.82) is 0 Å². The number of amides is 3. The van der Waals surface area contributed by atoms with Gasteiger partial charge in [0.05, 0.1) is 13.2 Å². The van der Waals surface area contributed by atoms with Gasteiger partial charge in [-0.1, -0.05) is 24.3 Å². The van der Waals surface area contributed by atoms with Crippen molar-refractivity contribution < 1.29 is 19.1 Å². The Balaban J connectivity index is 1.25. The molecular formula is C25H28N4O4. The highest BCUT2D eigenvalue weighted by molar-refractivity contribution is 5.96. The van der Waals surface area contributed by atoms with Crippen LogP contribution in [0, 0.1) is 0 Å². The normalized spacial score (nSPS) is 20.1. The fraction of sp³-hybridized carbons (Fsp3) is 0.400. The second-order valence-corrected chi connectivity index (χ2v) is 8.96. The maximum absolute atomic E-state index is 13.1. The molecule has 2 saturated heterocycles. The first kappa shape index (κ1) is 21.6. The van der Waals surface area contributed by atoms with E-state index in [1.165, 1.54) is 0 Å². The molecule has 5 rings (SSSR count). The van der Waals surface area contributed by atoms with Crippen LogP contribution in [-0.2, 0) is 9.53 Å². The molecule has 3 amide bonds. The maximum atomic E-state index is 13.1. The van der Waals surface area contributed by atoms with E-state index in [-0.39, 0.29) is 17.7 Å². The SMILES string of the molecule is O=C(NC1CC1)c1cccc(-c2ccc(C(=O)N3CCNC(=O)C4(COC4)NCC3)cc2)c1. The molecule has 0 atom stereocenters. The Morgan fingerprint density at radius 3 is 2.42 bits per heavy atom. The first-order valence-corrected chi connectivity index (χ1v) is 11.5. The van der Waals surface area contributed by atoms with E-state index in [1.807, 2.05) is 48.5 Å². The van der Waals surface area contributed by atoms with Gasteiger partial charge in [-0.05, 0) is 48.2 Å². The maximum Gasteiger partial charge on any atom is 0.253 e. The summed E-state index contributed by atoms with van der Waals surface area (Å²) in [5, 5.41) is 9.17. The molecule has 0 unspecified atom stereocenters. The van der Waals surface area contributed by atoms with Crippen LogP contribution < -0.4 is 16.0 Å². The van der Waals surface area contributed by atoms with Crippen LogP contribution in [-0.4, -0.2) is 73.6 Å². The lowest BCUT2D eigenvalue weighted by Crippen LogP contribution is -2.69. The van der Waals surface area contributed by atoms with Gasteiger partial charge in [0, 0.05) is 43.3 Å². The fourth-order valence-electron chi connectivity index (χ4n) is 4.16. The zero-order valence-corrected chi connectivity index (χ0v) is 18.4. The monoisotopic (exact) mass is 448 g/mol. The quantitative estimate of drug-likeness (QED) is 0.652. The molecule has 0 bridgehead atoms. The lowest BCUT2D eigenvalue weighted by molar-refractivity contribution is -0.147. The van der Waals surface area contributed by atoms with Crippen LogP contribution in [0.25, 0.3) is 11.1 Å². The number of rotatable bonds is 4. The van der Waals surface area contributed by atoms with Crippen molar-refractivity contribution in [3.05, 3.63) is 59.7 Å². The summed E-state index contributed by atoms with van der Waals surface area (Å²) in [6.07, 6.45) is 2.10. The predicted octanol–water partition coefficient (Wildman–Crippen LogP) is 1.18. The number of nitrogens with zero attached hydrogens (tertiary/aromatic N) is 1. The molecule has 1 spiro atoms. The average molecular weight is 449 g/mol. The van der Waals surface area contributed by atoms with Gasteiger partial charge in [-0.3, -0.25) is 19.7 Å². The Morgan fingerprint density at radius 2 is 1.73 bits per heavy atom. The van der Waals surface area contributed by atoms with E-state index in [9.17, 15) is 14.4 Å². The van der Waals surface area contributed by atoms with Gasteiger partial charge in [0.2, 0.25) is 5.91 Å². The molecule has 1 aliphatic carbocycles. The number of hydrogen-bond donors (Lipinski definition) is 3. The molecule has 1 saturated carbocycles. The largest absolute Gasteiger partial charge is 0.376 e. The molecule has 2 heterocycles. The van der Waals surface area contributed by atoms with Crippen LogP contribution in [0.1, 0.15) is 33.6 Å². The Kier molecular flexibility index (Phi) is 5.86. The first-order valence-electron chi connectivity index (χ1n) is 11.5. The number of ether oxygens (including phenoxy) is 1. The number of benzene rings is 2. The minimum atomic E-state index is -0.662. The Morgan fingerprint density at radius 1 is 0.970 bits per heavy atom. The van der Waals surface area contributed by atoms with E-state index >= 15 is 0 Å². The van der Waals surface area contributed by atoms with Crippen molar-refractivity contribution in [2.45, 2.75) is 24.4 Å². The van der Waals surface area contributed by atoms with E-state index < -0.39 is 5.54 Å². The number of carbonyl (C=O) groups excluding carboxylic acids is 3. The van der Waals surface area contributed by atoms with E-state index in [4.69, 9.17) is 4.74 Å². The number of carbonyl (C=O) groups is 3. The van der Waals surface area contributed by atoms with Crippen molar-refractivity contribution in [2.75, 3.05) is 39.4 Å². The fourth-order valence-corrected chi connectivity index (χ4v) is 4.16. The summed E-state index contributed by atoms with van der Waals surface area (Å²) in [5.74, 6) is -0.188. The molecule has 0 aromatic heterocycles. The molecular weight excluding hydrogens is 420 g/mol. The standard InChI is InChI=1S/C25H28N4O4/c30-22(28-21-8-9-21)20-3-1-2-19(14-20)17-4-6-18(7-5-17)23(31)29-12-10-26-24(32)25(15-33-16-25)27-11-13-29/h1-7,14,21,27H,8-13,15-16H2,(H,26,32)(H,28,30). The van der Waals surface area contributed by atoms with Gasteiger partial charge in [-0.25, -0.2) is 0 Å². The van der Waals surface area contributed by atoms with E-state index in [2.05, 4.69) is 16.0 Å². The summed E-state index contributed by atoms with van der Waals surface area (Å²) < 4.78 is 5.23. The summed E-state index contributed by atoms with van der Waals surface area (Å²) in [4.78, 5) is 39.6. The van der Waals surface area contributed by atoms with Crippen molar-refractivity contribution in [2.24, 2.45) is 0 Å². The molecule has 2 aromatic rings. The Bertz CT molecular complexity index is 1060. The van der Waals surface area contributed by atoms with E-state index in [0.29, 0.717) is 56.6 Å². The predicted molar refractivity (Wildman–Crippen MR) is 123 cm³/mol. The smallest absolute Gasteiger partial charge is 0.253 e. The van der Waals surface area contributed by atoms with Gasteiger partial charge >= 0.3 is 0 Å². The zero-order valence-electron chi connectivity index (χ0n) is 18.4. The third kappa shape index (κ3) is 4.62. The molecule has 3 fully saturated rings. The van der Waals surface area contributed by atoms with Crippen LogP contribution in [0.2, 0.25) is 0 Å². The lowest BCUT2D eigenvalue weighted by Gasteiger charge is -2.40. The molecule has 8 heteroatoms. The number of hydrogen-bond acceptors (Lipinski definition) is 5. The van der Waals surface area contributed by atoms with Gasteiger partial charge in [0.1, 0.15) is 5.54 Å². The molecule has 172 valence electrons. The molecule has 33 heavy (non-hydrogen) atoms. The van der Waals surface area contributed by atoms with Crippen molar-refractivity contribution in [1.82, 2.24) is 20.9 Å². The second kappa shape index (κ2) is 8.96. The highest BCUT2D eigenvalue weighted by Gasteiger charge is 2.45. The average Bonchev–Trinajstić information content (AvgIpc) is 3.62. The summed E-state index contributed by atoms with van der Waals surface area (Å²) in [5.41, 5.74) is 2.44. The van der Waals surface area contributed by atoms with E-state index in [1.54, 1.807) is 4.90 Å². The summed E-state index contributed by atoms with van der Waals surface area (Å²) in [6.45, 7) is 2.60. The summed E-state index contributed by atoms with van der Waals surface area (Å²) in [6, 6.07) is 15.3. The van der Waals surface area contributed by atoms with Crippen LogP contribution in [0.15, 0.2) is 48.5 Å². The van der Waals surface area contributed by atoms with Gasteiger partial charge in [-0.2, -0.15) is 0 Å². The third-order valence-corrected chi connectivity index (χ3v) is 6.43. The Labute approximate surface area is 192 Å². The molecule has 3 N–H and O–H groups in total. The van der Waals surface area contributed by atoms with Crippen LogP contribution in [0.4, 0.5) is 0 Å².